The van der Waals surface area contributed by atoms with Crippen molar-refractivity contribution < 1.29 is 31.3 Å². The molecular weight excluding hydrogens is 435 g/mol. The summed E-state index contributed by atoms with van der Waals surface area (Å²) in [5.41, 5.74) is 10.1. The van der Waals surface area contributed by atoms with Gasteiger partial charge in [-0.3, -0.25) is 4.90 Å². The van der Waals surface area contributed by atoms with Crippen LogP contribution in [0.1, 0.15) is 5.56 Å². The third kappa shape index (κ3) is 3.57. The van der Waals surface area contributed by atoms with Crippen LogP contribution in [0.25, 0.3) is 22.1 Å². The van der Waals surface area contributed by atoms with E-state index in [2.05, 4.69) is 5.16 Å². The van der Waals surface area contributed by atoms with E-state index in [9.17, 15) is 26.7 Å². The zero-order valence-electron chi connectivity index (χ0n) is 16.0. The minimum Gasteiger partial charge on any atom is -0.380 e. The van der Waals surface area contributed by atoms with E-state index in [1.165, 1.54) is 30.3 Å². The summed E-state index contributed by atoms with van der Waals surface area (Å²) in [6, 6.07) is 8.72. The summed E-state index contributed by atoms with van der Waals surface area (Å²) in [7, 11) is 0. The van der Waals surface area contributed by atoms with Gasteiger partial charge < -0.3 is 16.0 Å². The van der Waals surface area contributed by atoms with Crippen molar-refractivity contribution in [3.63, 3.8) is 0 Å². The van der Waals surface area contributed by atoms with Crippen LogP contribution in [0.15, 0.2) is 59.1 Å². The molecule has 0 unspecified atom stereocenters. The van der Waals surface area contributed by atoms with Gasteiger partial charge in [-0.25, -0.2) is 13.6 Å². The van der Waals surface area contributed by atoms with Crippen molar-refractivity contribution in [3.05, 3.63) is 71.8 Å². The maximum absolute atomic E-state index is 14.3. The highest BCUT2D eigenvalue weighted by Crippen LogP contribution is 2.38. The molecule has 164 valence electrons. The summed E-state index contributed by atoms with van der Waals surface area (Å²) >= 11 is 0. The van der Waals surface area contributed by atoms with Gasteiger partial charge in [0.2, 0.25) is 5.58 Å². The van der Waals surface area contributed by atoms with Crippen molar-refractivity contribution in [1.82, 2.24) is 5.16 Å². The van der Waals surface area contributed by atoms with Crippen molar-refractivity contribution >= 4 is 34.2 Å². The second-order valence-electron chi connectivity index (χ2n) is 6.75. The van der Waals surface area contributed by atoms with Crippen molar-refractivity contribution in [2.24, 2.45) is 5.73 Å². The minimum atomic E-state index is -4.75. The number of nitrogens with two attached hydrogens (primary N) is 2. The average Bonchev–Trinajstić information content (AvgIpc) is 3.12. The molecule has 1 aromatic heterocycles. The molecule has 11 heteroatoms. The predicted octanol–water partition coefficient (Wildman–Crippen LogP) is 5.59. The molecule has 4 aromatic rings. The topological polar surface area (TPSA) is 98.4 Å². The number of nitrogen functional groups attached to an aromatic ring is 1. The second-order valence-corrected chi connectivity index (χ2v) is 6.75. The van der Waals surface area contributed by atoms with Crippen LogP contribution in [0.5, 0.6) is 0 Å². The van der Waals surface area contributed by atoms with E-state index in [1.54, 1.807) is 0 Å². The molecule has 2 amide bonds. The molecule has 0 aliphatic heterocycles. The molecule has 3 aromatic carbocycles. The number of hydrogen-bond donors (Lipinski definition) is 2. The highest BCUT2D eigenvalue weighted by Gasteiger charge is 2.32. The number of halogens is 5. The van der Waals surface area contributed by atoms with E-state index in [4.69, 9.17) is 16.0 Å². The molecule has 0 bridgehead atoms. The number of anilines is 3. The normalized spacial score (nSPS) is 11.7. The number of fused-ring (bicyclic) bond motifs is 1. The maximum atomic E-state index is 14.3. The fourth-order valence-electron chi connectivity index (χ4n) is 3.32. The number of amides is 2. The molecule has 0 spiro atoms. The molecule has 6 nitrogen and oxygen atoms in total. The minimum absolute atomic E-state index is 0.0103. The molecule has 0 saturated heterocycles. The van der Waals surface area contributed by atoms with Crippen molar-refractivity contribution in [2.75, 3.05) is 10.6 Å². The van der Waals surface area contributed by atoms with Crippen LogP contribution in [0, 0.1) is 11.6 Å². The van der Waals surface area contributed by atoms with Crippen molar-refractivity contribution in [2.45, 2.75) is 6.18 Å². The van der Waals surface area contributed by atoms with E-state index >= 15 is 0 Å². The Hall–Kier alpha value is -4.15. The molecule has 0 fully saturated rings. The van der Waals surface area contributed by atoms with E-state index in [0.717, 1.165) is 6.07 Å². The standard InChI is InChI=1S/C21H13F5N4O2/c22-14-7-3-11(21(24,25)26)9-16(14)30(20(28)31)12-4-1-10(2-5-12)13-6-8-15(23)18-17(13)19(27)29-32-18/h1-9H,(H2,27,29)(H2,28,31). The molecule has 0 radical (unpaired) electrons. The Bertz CT molecular complexity index is 1330. The lowest BCUT2D eigenvalue weighted by atomic mass is 10.0. The highest BCUT2D eigenvalue weighted by molar-refractivity contribution is 6.02. The van der Waals surface area contributed by atoms with E-state index in [0.29, 0.717) is 34.2 Å². The summed E-state index contributed by atoms with van der Waals surface area (Å²) in [4.78, 5) is 12.6. The van der Waals surface area contributed by atoms with Gasteiger partial charge >= 0.3 is 12.2 Å². The largest absolute Gasteiger partial charge is 0.416 e. The lowest BCUT2D eigenvalue weighted by molar-refractivity contribution is -0.137. The first-order valence-electron chi connectivity index (χ1n) is 8.98. The van der Waals surface area contributed by atoms with Gasteiger partial charge in [0.05, 0.1) is 22.3 Å². The first-order chi connectivity index (χ1) is 15.1. The molecular formula is C21H13F5N4O2. The van der Waals surface area contributed by atoms with Gasteiger partial charge in [-0.05, 0) is 47.5 Å². The number of alkyl halides is 3. The number of nitrogens with zero attached hydrogens (tertiary/aromatic N) is 2. The Morgan fingerprint density at radius 3 is 2.25 bits per heavy atom. The number of carbonyl (C=O) groups is 1. The summed E-state index contributed by atoms with van der Waals surface area (Å²) in [6.45, 7) is 0. The first-order valence-corrected chi connectivity index (χ1v) is 8.98. The van der Waals surface area contributed by atoms with Gasteiger partial charge in [0.25, 0.3) is 0 Å². The lowest BCUT2D eigenvalue weighted by Gasteiger charge is -2.22. The Balaban J connectivity index is 1.79. The number of aromatic nitrogens is 1. The van der Waals surface area contributed by atoms with Crippen LogP contribution in [-0.2, 0) is 6.18 Å². The van der Waals surface area contributed by atoms with Gasteiger partial charge in [0.15, 0.2) is 11.6 Å². The number of primary amides is 1. The Morgan fingerprint density at radius 2 is 1.62 bits per heavy atom. The zero-order valence-corrected chi connectivity index (χ0v) is 16.0. The third-order valence-electron chi connectivity index (χ3n) is 4.77. The molecule has 1 heterocycles. The van der Waals surface area contributed by atoms with Gasteiger partial charge in [-0.2, -0.15) is 13.2 Å². The Labute approximate surface area is 176 Å². The number of rotatable bonds is 3. The summed E-state index contributed by atoms with van der Waals surface area (Å²) < 4.78 is 72.3. The quantitative estimate of drug-likeness (QED) is 0.399. The number of benzene rings is 3. The van der Waals surface area contributed by atoms with Gasteiger partial charge in [0.1, 0.15) is 5.82 Å². The van der Waals surface area contributed by atoms with Crippen LogP contribution < -0.4 is 16.4 Å². The molecule has 0 aliphatic rings. The number of hydrogen-bond acceptors (Lipinski definition) is 4. The first kappa shape index (κ1) is 21.1. The van der Waals surface area contributed by atoms with Crippen LogP contribution in [0.2, 0.25) is 0 Å². The SMILES string of the molecule is NC(=O)N(c1ccc(-c2ccc(F)c3onc(N)c23)cc1)c1cc(C(F)(F)F)ccc1F. The zero-order chi connectivity index (χ0) is 23.2. The van der Waals surface area contributed by atoms with Gasteiger partial charge in [0, 0.05) is 0 Å². The van der Waals surface area contributed by atoms with Crippen LogP contribution in [-0.4, -0.2) is 11.2 Å². The molecule has 4 N–H and O–H groups in total. The maximum Gasteiger partial charge on any atom is 0.416 e. The van der Waals surface area contributed by atoms with Crippen molar-refractivity contribution in [3.8, 4) is 11.1 Å². The number of urea groups is 1. The molecule has 0 atom stereocenters. The lowest BCUT2D eigenvalue weighted by Crippen LogP contribution is -2.32. The van der Waals surface area contributed by atoms with Crippen LogP contribution in [0.3, 0.4) is 0 Å². The van der Waals surface area contributed by atoms with Gasteiger partial charge in [-0.15, -0.1) is 0 Å². The second kappa shape index (κ2) is 7.52. The fourth-order valence-corrected chi connectivity index (χ4v) is 3.32. The van der Waals surface area contributed by atoms with Crippen molar-refractivity contribution in [1.29, 1.82) is 0 Å². The van der Waals surface area contributed by atoms with Crippen LogP contribution >= 0.6 is 0 Å². The van der Waals surface area contributed by atoms with E-state index in [-0.39, 0.29) is 22.5 Å². The fraction of sp³-hybridized carbons (Fsp3) is 0.0476. The molecule has 4 rings (SSSR count). The Morgan fingerprint density at radius 1 is 0.969 bits per heavy atom. The van der Waals surface area contributed by atoms with Gasteiger partial charge in [-0.1, -0.05) is 23.4 Å². The monoisotopic (exact) mass is 448 g/mol. The summed E-state index contributed by atoms with van der Waals surface area (Å²) in [5, 5.41) is 3.78. The van der Waals surface area contributed by atoms with E-state index < -0.39 is 35.1 Å². The third-order valence-corrected chi connectivity index (χ3v) is 4.77. The molecule has 0 aliphatic carbocycles. The summed E-state index contributed by atoms with van der Waals surface area (Å²) in [5.74, 6) is -1.77. The smallest absolute Gasteiger partial charge is 0.380 e. The molecule has 32 heavy (non-hydrogen) atoms. The number of carbonyl (C=O) groups excluding carboxylic acids is 1. The highest BCUT2D eigenvalue weighted by atomic mass is 19.4. The predicted molar refractivity (Wildman–Crippen MR) is 107 cm³/mol. The average molecular weight is 448 g/mol. The molecule has 0 saturated carbocycles. The Kier molecular flexibility index (Phi) is 4.96. The van der Waals surface area contributed by atoms with Crippen LogP contribution in [0.4, 0.5) is 43.9 Å². The van der Waals surface area contributed by atoms with E-state index in [1.807, 2.05) is 0 Å². The summed E-state index contributed by atoms with van der Waals surface area (Å²) in [6.07, 6.45) is -4.75.